The van der Waals surface area contributed by atoms with Gasteiger partial charge in [0, 0.05) is 6.08 Å². The van der Waals surface area contributed by atoms with Gasteiger partial charge in [0.15, 0.2) is 0 Å². The van der Waals surface area contributed by atoms with Gasteiger partial charge in [-0.1, -0.05) is 42.5 Å². The molecule has 0 aromatic heterocycles. The molecule has 0 aliphatic carbocycles. The van der Waals surface area contributed by atoms with E-state index in [1.165, 1.54) is 24.3 Å². The maximum Gasteiger partial charge on any atom is 0.296 e. The van der Waals surface area contributed by atoms with Crippen molar-refractivity contribution in [2.24, 2.45) is 0 Å². The van der Waals surface area contributed by atoms with Crippen LogP contribution in [0.2, 0.25) is 0 Å². The standard InChI is InChI=1S/C15H13NO4S/c17-15(11-10-12-6-2-1-3-7-12)16-13-8-4-5-9-14(13)21(18,19)20/h1-11H,(H,16,17)(H,18,19,20). The smallest absolute Gasteiger partial charge is 0.296 e. The van der Waals surface area contributed by atoms with E-state index in [4.69, 9.17) is 4.55 Å². The summed E-state index contributed by atoms with van der Waals surface area (Å²) in [6, 6.07) is 14.8. The van der Waals surface area contributed by atoms with Crippen molar-refractivity contribution >= 4 is 27.8 Å². The predicted octanol–water partition coefficient (Wildman–Crippen LogP) is 2.59. The van der Waals surface area contributed by atoms with Crippen LogP contribution in [0.1, 0.15) is 5.56 Å². The molecule has 6 heteroatoms. The third-order valence-corrected chi connectivity index (χ3v) is 3.56. The zero-order valence-electron chi connectivity index (χ0n) is 10.9. The first-order valence-electron chi connectivity index (χ1n) is 6.07. The number of carbonyl (C=O) groups excluding carboxylic acids is 1. The van der Waals surface area contributed by atoms with Gasteiger partial charge in [0.05, 0.1) is 5.69 Å². The van der Waals surface area contributed by atoms with Gasteiger partial charge in [-0.15, -0.1) is 0 Å². The average Bonchev–Trinajstić information content (AvgIpc) is 2.46. The summed E-state index contributed by atoms with van der Waals surface area (Å²) >= 11 is 0. The highest BCUT2D eigenvalue weighted by atomic mass is 32.2. The van der Waals surface area contributed by atoms with E-state index in [0.29, 0.717) is 0 Å². The Kier molecular flexibility index (Phi) is 4.52. The van der Waals surface area contributed by atoms with Crippen molar-refractivity contribution < 1.29 is 17.8 Å². The van der Waals surface area contributed by atoms with Crippen LogP contribution < -0.4 is 5.32 Å². The number of hydrogen-bond donors (Lipinski definition) is 2. The molecule has 0 heterocycles. The maximum absolute atomic E-state index is 11.8. The fraction of sp³-hybridized carbons (Fsp3) is 0. The molecule has 0 saturated carbocycles. The molecule has 0 spiro atoms. The lowest BCUT2D eigenvalue weighted by molar-refractivity contribution is -0.111. The highest BCUT2D eigenvalue weighted by Gasteiger charge is 2.15. The van der Waals surface area contributed by atoms with Gasteiger partial charge in [0.25, 0.3) is 10.1 Å². The number of para-hydroxylation sites is 1. The molecule has 0 saturated heterocycles. The van der Waals surface area contributed by atoms with Crippen LogP contribution in [-0.2, 0) is 14.9 Å². The number of amides is 1. The Balaban J connectivity index is 2.16. The molecule has 108 valence electrons. The van der Waals surface area contributed by atoms with E-state index in [0.717, 1.165) is 5.56 Å². The first-order valence-corrected chi connectivity index (χ1v) is 7.51. The number of benzene rings is 2. The number of rotatable bonds is 4. The zero-order chi connectivity index (χ0) is 15.3. The molecule has 0 fully saturated rings. The van der Waals surface area contributed by atoms with Crippen molar-refractivity contribution in [1.82, 2.24) is 0 Å². The van der Waals surface area contributed by atoms with E-state index >= 15 is 0 Å². The van der Waals surface area contributed by atoms with Crippen molar-refractivity contribution in [3.63, 3.8) is 0 Å². The van der Waals surface area contributed by atoms with Gasteiger partial charge in [-0.25, -0.2) is 0 Å². The fourth-order valence-electron chi connectivity index (χ4n) is 1.71. The van der Waals surface area contributed by atoms with Gasteiger partial charge < -0.3 is 5.32 Å². The highest BCUT2D eigenvalue weighted by Crippen LogP contribution is 2.20. The van der Waals surface area contributed by atoms with Gasteiger partial charge in [0.2, 0.25) is 5.91 Å². The number of nitrogens with one attached hydrogen (secondary N) is 1. The second kappa shape index (κ2) is 6.34. The van der Waals surface area contributed by atoms with Crippen LogP contribution in [0.15, 0.2) is 65.6 Å². The summed E-state index contributed by atoms with van der Waals surface area (Å²) in [5, 5.41) is 2.42. The van der Waals surface area contributed by atoms with E-state index < -0.39 is 16.0 Å². The van der Waals surface area contributed by atoms with Crippen molar-refractivity contribution in [2.75, 3.05) is 5.32 Å². The number of hydrogen-bond acceptors (Lipinski definition) is 3. The summed E-state index contributed by atoms with van der Waals surface area (Å²) in [4.78, 5) is 11.4. The lowest BCUT2D eigenvalue weighted by Gasteiger charge is -2.06. The fourth-order valence-corrected chi connectivity index (χ4v) is 2.35. The largest absolute Gasteiger partial charge is 0.321 e. The lowest BCUT2D eigenvalue weighted by atomic mass is 10.2. The van der Waals surface area contributed by atoms with E-state index in [-0.39, 0.29) is 10.6 Å². The average molecular weight is 303 g/mol. The molecule has 5 nitrogen and oxygen atoms in total. The molecule has 1 amide bonds. The van der Waals surface area contributed by atoms with E-state index in [2.05, 4.69) is 5.32 Å². The Bertz CT molecular complexity index is 767. The molecule has 0 unspecified atom stereocenters. The monoisotopic (exact) mass is 303 g/mol. The van der Waals surface area contributed by atoms with Crippen molar-refractivity contribution in [3.05, 3.63) is 66.2 Å². The molecule has 2 rings (SSSR count). The van der Waals surface area contributed by atoms with Crippen molar-refractivity contribution in [1.29, 1.82) is 0 Å². The second-order valence-corrected chi connectivity index (χ2v) is 5.59. The Morgan fingerprint density at radius 3 is 2.29 bits per heavy atom. The third-order valence-electron chi connectivity index (χ3n) is 2.65. The van der Waals surface area contributed by atoms with Crippen molar-refractivity contribution in [3.8, 4) is 0 Å². The SMILES string of the molecule is O=C(C=Cc1ccccc1)Nc1ccccc1S(=O)(=O)O. The van der Waals surface area contributed by atoms with Gasteiger partial charge in [-0.2, -0.15) is 8.42 Å². The van der Waals surface area contributed by atoms with Gasteiger partial charge >= 0.3 is 0 Å². The van der Waals surface area contributed by atoms with Crippen LogP contribution in [0.3, 0.4) is 0 Å². The molecule has 0 bridgehead atoms. The third kappa shape index (κ3) is 4.27. The first-order chi connectivity index (χ1) is 9.97. The molecule has 2 aromatic carbocycles. The second-order valence-electron chi connectivity index (χ2n) is 4.20. The molecule has 21 heavy (non-hydrogen) atoms. The normalized spacial score (nSPS) is 11.5. The zero-order valence-corrected chi connectivity index (χ0v) is 11.7. The molecule has 0 radical (unpaired) electrons. The summed E-state index contributed by atoms with van der Waals surface area (Å²) in [5.74, 6) is -0.491. The lowest BCUT2D eigenvalue weighted by Crippen LogP contribution is -2.11. The van der Waals surface area contributed by atoms with Crippen LogP contribution in [0.25, 0.3) is 6.08 Å². The Morgan fingerprint density at radius 2 is 1.62 bits per heavy atom. The highest BCUT2D eigenvalue weighted by molar-refractivity contribution is 7.86. The summed E-state index contributed by atoms with van der Waals surface area (Å²) in [7, 11) is -4.39. The molecule has 2 aromatic rings. The van der Waals surface area contributed by atoms with Gasteiger partial charge in [0.1, 0.15) is 4.90 Å². The first kappa shape index (κ1) is 15.0. The van der Waals surface area contributed by atoms with Gasteiger partial charge in [-0.05, 0) is 23.8 Å². The molecular formula is C15H13NO4S. The number of carbonyl (C=O) groups is 1. The Hall–Kier alpha value is -2.44. The quantitative estimate of drug-likeness (QED) is 0.671. The minimum absolute atomic E-state index is 0.0303. The summed E-state index contributed by atoms with van der Waals surface area (Å²) in [6.45, 7) is 0. The molecule has 0 atom stereocenters. The molecule has 2 N–H and O–H groups in total. The number of anilines is 1. The predicted molar refractivity (Wildman–Crippen MR) is 80.4 cm³/mol. The minimum Gasteiger partial charge on any atom is -0.321 e. The van der Waals surface area contributed by atoms with Crippen LogP contribution in [-0.4, -0.2) is 18.9 Å². The van der Waals surface area contributed by atoms with Crippen LogP contribution >= 0.6 is 0 Å². The minimum atomic E-state index is -4.39. The van der Waals surface area contributed by atoms with Crippen molar-refractivity contribution in [2.45, 2.75) is 4.90 Å². The Labute approximate surface area is 122 Å². The van der Waals surface area contributed by atoms with Gasteiger partial charge in [-0.3, -0.25) is 9.35 Å². The van der Waals surface area contributed by atoms with Crippen LogP contribution in [0.4, 0.5) is 5.69 Å². The van der Waals surface area contributed by atoms with Crippen LogP contribution in [0.5, 0.6) is 0 Å². The summed E-state index contributed by atoms with van der Waals surface area (Å²) in [5.41, 5.74) is 0.874. The molecule has 0 aliphatic heterocycles. The van der Waals surface area contributed by atoms with E-state index in [1.54, 1.807) is 12.1 Å². The molecule has 0 aliphatic rings. The maximum atomic E-state index is 11.8. The Morgan fingerprint density at radius 1 is 1.00 bits per heavy atom. The molecular weight excluding hydrogens is 290 g/mol. The summed E-state index contributed by atoms with van der Waals surface area (Å²) in [6.07, 6.45) is 2.89. The van der Waals surface area contributed by atoms with E-state index in [1.807, 2.05) is 30.3 Å². The summed E-state index contributed by atoms with van der Waals surface area (Å²) < 4.78 is 31.5. The van der Waals surface area contributed by atoms with E-state index in [9.17, 15) is 13.2 Å². The topological polar surface area (TPSA) is 83.5 Å². The van der Waals surface area contributed by atoms with Crippen LogP contribution in [0, 0.1) is 0 Å².